The number of carbonyl (C=O) groups excluding carboxylic acids is 2. The fourth-order valence-corrected chi connectivity index (χ4v) is 5.12. The maximum atomic E-state index is 12.7. The standard InChI is InChI=1S/C22H27ClN2O3S/c1-12(28-15-8-6-14(23)7-9-15)20(27)25-21-18(19(24)26)16-10-5-13(22(2,3)4)11-17(16)29-21/h6-9,12-13H,5,10-11H2,1-4H3,(H2,24,26)(H,25,27). The van der Waals surface area contributed by atoms with Gasteiger partial charge in [-0.05, 0) is 67.3 Å². The molecule has 7 heteroatoms. The van der Waals surface area contributed by atoms with E-state index in [1.54, 1.807) is 31.2 Å². The van der Waals surface area contributed by atoms with E-state index in [4.69, 9.17) is 22.1 Å². The zero-order valence-corrected chi connectivity index (χ0v) is 18.7. The molecule has 0 saturated heterocycles. The molecule has 0 aliphatic heterocycles. The molecule has 1 aromatic carbocycles. The summed E-state index contributed by atoms with van der Waals surface area (Å²) in [6.07, 6.45) is 1.98. The minimum absolute atomic E-state index is 0.193. The Bertz CT molecular complexity index is 915. The number of nitrogens with one attached hydrogen (secondary N) is 1. The maximum Gasteiger partial charge on any atom is 0.265 e. The van der Waals surface area contributed by atoms with Crippen LogP contribution in [0.3, 0.4) is 0 Å². The Morgan fingerprint density at radius 1 is 1.28 bits per heavy atom. The summed E-state index contributed by atoms with van der Waals surface area (Å²) in [5.41, 5.74) is 7.30. The second kappa shape index (κ2) is 8.36. The van der Waals surface area contributed by atoms with Gasteiger partial charge in [-0.1, -0.05) is 32.4 Å². The number of thiophene rings is 1. The highest BCUT2D eigenvalue weighted by molar-refractivity contribution is 7.17. The average molecular weight is 435 g/mol. The lowest BCUT2D eigenvalue weighted by molar-refractivity contribution is -0.122. The fourth-order valence-electron chi connectivity index (χ4n) is 3.66. The van der Waals surface area contributed by atoms with Gasteiger partial charge in [0.2, 0.25) is 0 Å². The first-order valence-electron chi connectivity index (χ1n) is 9.73. The number of rotatable bonds is 5. The molecular formula is C22H27ClN2O3S. The second-order valence-electron chi connectivity index (χ2n) is 8.58. The van der Waals surface area contributed by atoms with Crippen LogP contribution in [0.4, 0.5) is 5.00 Å². The van der Waals surface area contributed by atoms with E-state index in [2.05, 4.69) is 26.1 Å². The van der Waals surface area contributed by atoms with Gasteiger partial charge in [-0.25, -0.2) is 0 Å². The summed E-state index contributed by atoms with van der Waals surface area (Å²) in [7, 11) is 0. The monoisotopic (exact) mass is 434 g/mol. The first-order valence-corrected chi connectivity index (χ1v) is 10.9. The smallest absolute Gasteiger partial charge is 0.265 e. The summed E-state index contributed by atoms with van der Waals surface area (Å²) in [6, 6.07) is 6.81. The molecule has 0 fully saturated rings. The number of ether oxygens (including phenoxy) is 1. The van der Waals surface area contributed by atoms with E-state index in [0.717, 1.165) is 29.7 Å². The maximum absolute atomic E-state index is 12.7. The van der Waals surface area contributed by atoms with E-state index < -0.39 is 12.0 Å². The number of amides is 2. The van der Waals surface area contributed by atoms with Crippen LogP contribution in [0.1, 0.15) is 54.9 Å². The Balaban J connectivity index is 1.78. The van der Waals surface area contributed by atoms with Crippen molar-refractivity contribution in [3.63, 3.8) is 0 Å². The average Bonchev–Trinajstić information content (AvgIpc) is 2.99. The van der Waals surface area contributed by atoms with Crippen LogP contribution in [0.15, 0.2) is 24.3 Å². The molecule has 0 radical (unpaired) electrons. The third-order valence-corrected chi connectivity index (χ3v) is 6.89. The predicted octanol–water partition coefficient (Wildman–Crippen LogP) is 5.06. The molecule has 2 aromatic rings. The fraction of sp³-hybridized carbons (Fsp3) is 0.455. The first-order chi connectivity index (χ1) is 13.6. The molecule has 0 saturated carbocycles. The lowest BCUT2D eigenvalue weighted by Crippen LogP contribution is -2.30. The van der Waals surface area contributed by atoms with Crippen LogP contribution in [0.5, 0.6) is 5.75 Å². The van der Waals surface area contributed by atoms with Crippen LogP contribution in [0.25, 0.3) is 0 Å². The van der Waals surface area contributed by atoms with E-state index in [1.807, 2.05) is 0 Å². The number of hydrogen-bond donors (Lipinski definition) is 2. The molecule has 0 bridgehead atoms. The Labute approximate surface area is 180 Å². The molecule has 5 nitrogen and oxygen atoms in total. The van der Waals surface area contributed by atoms with E-state index in [1.165, 1.54) is 11.3 Å². The summed E-state index contributed by atoms with van der Waals surface area (Å²) in [6.45, 7) is 8.38. The van der Waals surface area contributed by atoms with Crippen LogP contribution in [0.2, 0.25) is 5.02 Å². The highest BCUT2D eigenvalue weighted by atomic mass is 35.5. The predicted molar refractivity (Wildman–Crippen MR) is 118 cm³/mol. The van der Waals surface area contributed by atoms with Crippen molar-refractivity contribution in [3.8, 4) is 5.75 Å². The van der Waals surface area contributed by atoms with Crippen molar-refractivity contribution in [2.24, 2.45) is 17.1 Å². The topological polar surface area (TPSA) is 81.4 Å². The molecule has 3 N–H and O–H groups in total. The van der Waals surface area contributed by atoms with Crippen LogP contribution in [0, 0.1) is 11.3 Å². The van der Waals surface area contributed by atoms with Gasteiger partial charge in [0.1, 0.15) is 10.8 Å². The molecule has 2 amide bonds. The Kier molecular flexibility index (Phi) is 6.24. The van der Waals surface area contributed by atoms with Crippen molar-refractivity contribution in [2.45, 2.75) is 53.1 Å². The molecular weight excluding hydrogens is 408 g/mol. The van der Waals surface area contributed by atoms with Crippen LogP contribution < -0.4 is 15.8 Å². The SMILES string of the molecule is CC(Oc1ccc(Cl)cc1)C(=O)Nc1sc2c(c1C(N)=O)CCC(C(C)(C)C)C2. The summed E-state index contributed by atoms with van der Waals surface area (Å²) in [5, 5.41) is 3.98. The molecule has 29 heavy (non-hydrogen) atoms. The minimum atomic E-state index is -0.738. The Hall–Kier alpha value is -2.05. The summed E-state index contributed by atoms with van der Waals surface area (Å²) >= 11 is 7.33. The molecule has 2 unspecified atom stereocenters. The van der Waals surface area contributed by atoms with Crippen LogP contribution in [-0.2, 0) is 17.6 Å². The Morgan fingerprint density at radius 3 is 2.52 bits per heavy atom. The van der Waals surface area contributed by atoms with E-state index in [-0.39, 0.29) is 11.3 Å². The summed E-state index contributed by atoms with van der Waals surface area (Å²) < 4.78 is 5.69. The number of fused-ring (bicyclic) bond motifs is 1. The van der Waals surface area contributed by atoms with Gasteiger partial charge in [-0.3, -0.25) is 9.59 Å². The van der Waals surface area contributed by atoms with Gasteiger partial charge < -0.3 is 15.8 Å². The quantitative estimate of drug-likeness (QED) is 0.690. The number of carbonyl (C=O) groups is 2. The van der Waals surface area contributed by atoms with E-state index >= 15 is 0 Å². The normalized spacial score (nSPS) is 17.3. The molecule has 1 heterocycles. The highest BCUT2D eigenvalue weighted by Crippen LogP contribution is 2.44. The van der Waals surface area contributed by atoms with Crippen molar-refractivity contribution in [3.05, 3.63) is 45.3 Å². The molecule has 156 valence electrons. The minimum Gasteiger partial charge on any atom is -0.481 e. The van der Waals surface area contributed by atoms with E-state index in [0.29, 0.717) is 27.3 Å². The zero-order valence-electron chi connectivity index (χ0n) is 17.2. The number of anilines is 1. The van der Waals surface area contributed by atoms with Crippen molar-refractivity contribution in [2.75, 3.05) is 5.32 Å². The highest BCUT2D eigenvalue weighted by Gasteiger charge is 2.33. The van der Waals surface area contributed by atoms with Gasteiger partial charge in [0.05, 0.1) is 5.56 Å². The molecule has 1 aromatic heterocycles. The number of benzene rings is 1. The first kappa shape index (κ1) is 21.7. The number of hydrogen-bond acceptors (Lipinski definition) is 4. The molecule has 3 rings (SSSR count). The van der Waals surface area contributed by atoms with E-state index in [9.17, 15) is 9.59 Å². The number of halogens is 1. The molecule has 1 aliphatic carbocycles. The van der Waals surface area contributed by atoms with Crippen molar-refractivity contribution < 1.29 is 14.3 Å². The largest absolute Gasteiger partial charge is 0.481 e. The number of nitrogens with two attached hydrogens (primary N) is 1. The summed E-state index contributed by atoms with van der Waals surface area (Å²) in [4.78, 5) is 26.0. The van der Waals surface area contributed by atoms with Crippen molar-refractivity contribution >= 4 is 39.8 Å². The third-order valence-electron chi connectivity index (χ3n) is 5.47. The molecule has 2 atom stereocenters. The van der Waals surface area contributed by atoms with Crippen molar-refractivity contribution in [1.82, 2.24) is 0 Å². The molecule has 0 spiro atoms. The molecule has 1 aliphatic rings. The van der Waals surface area contributed by atoms with Gasteiger partial charge in [0.15, 0.2) is 6.10 Å². The Morgan fingerprint density at radius 2 is 1.93 bits per heavy atom. The number of primary amides is 1. The van der Waals surface area contributed by atoms with Gasteiger partial charge in [0.25, 0.3) is 11.8 Å². The van der Waals surface area contributed by atoms with Crippen LogP contribution >= 0.6 is 22.9 Å². The second-order valence-corrected chi connectivity index (χ2v) is 10.1. The van der Waals surface area contributed by atoms with Gasteiger partial charge in [0, 0.05) is 9.90 Å². The van der Waals surface area contributed by atoms with Crippen molar-refractivity contribution in [1.29, 1.82) is 0 Å². The lowest BCUT2D eigenvalue weighted by atomic mass is 9.72. The lowest BCUT2D eigenvalue weighted by Gasteiger charge is -2.33. The summed E-state index contributed by atoms with van der Waals surface area (Å²) in [5.74, 6) is 0.252. The van der Waals surface area contributed by atoms with Gasteiger partial charge in [-0.2, -0.15) is 0 Å². The van der Waals surface area contributed by atoms with Crippen LogP contribution in [-0.4, -0.2) is 17.9 Å². The van der Waals surface area contributed by atoms with Gasteiger partial charge >= 0.3 is 0 Å². The zero-order chi connectivity index (χ0) is 21.3. The van der Waals surface area contributed by atoms with Gasteiger partial charge in [-0.15, -0.1) is 11.3 Å². The third kappa shape index (κ3) is 4.93.